The van der Waals surface area contributed by atoms with E-state index >= 15 is 0 Å². The average Bonchev–Trinajstić information content (AvgIpc) is 3.10. The molecule has 3 rings (SSSR count). The van der Waals surface area contributed by atoms with Gasteiger partial charge in [-0.15, -0.1) is 5.10 Å². The third-order valence-corrected chi connectivity index (χ3v) is 3.91. The van der Waals surface area contributed by atoms with Gasteiger partial charge in [-0.2, -0.15) is 9.67 Å². The third kappa shape index (κ3) is 4.79. The highest BCUT2D eigenvalue weighted by molar-refractivity contribution is 7.99. The van der Waals surface area contributed by atoms with Crippen LogP contribution in [0.4, 0.5) is 0 Å². The van der Waals surface area contributed by atoms with Crippen molar-refractivity contribution in [3.63, 3.8) is 0 Å². The summed E-state index contributed by atoms with van der Waals surface area (Å²) in [7, 11) is 0. The molecule has 0 unspecified atom stereocenters. The SMILES string of the molecule is CCOC(=O)CSc1ncn(-c2nc(C)cc(Oc3ccccc3)n2)n1. The first-order valence-corrected chi connectivity index (χ1v) is 8.91. The molecule has 1 aromatic carbocycles. The molecule has 2 heterocycles. The molecule has 0 atom stereocenters. The quantitative estimate of drug-likeness (QED) is 0.462. The van der Waals surface area contributed by atoms with Gasteiger partial charge in [0, 0.05) is 11.8 Å². The first-order valence-electron chi connectivity index (χ1n) is 7.93. The van der Waals surface area contributed by atoms with E-state index in [9.17, 15) is 4.79 Å². The number of nitrogens with zero attached hydrogens (tertiary/aromatic N) is 5. The molecule has 9 heteroatoms. The van der Waals surface area contributed by atoms with E-state index in [1.54, 1.807) is 13.0 Å². The van der Waals surface area contributed by atoms with Gasteiger partial charge in [-0.25, -0.2) is 9.97 Å². The Hall–Kier alpha value is -2.94. The second kappa shape index (κ2) is 8.43. The summed E-state index contributed by atoms with van der Waals surface area (Å²) >= 11 is 1.19. The maximum Gasteiger partial charge on any atom is 0.316 e. The number of hydrogen-bond acceptors (Lipinski definition) is 8. The van der Waals surface area contributed by atoms with Gasteiger partial charge in [0.25, 0.3) is 5.95 Å². The Labute approximate surface area is 154 Å². The lowest BCUT2D eigenvalue weighted by molar-refractivity contribution is -0.139. The van der Waals surface area contributed by atoms with E-state index in [1.807, 2.05) is 37.3 Å². The summed E-state index contributed by atoms with van der Waals surface area (Å²) in [5.74, 6) is 1.27. The number of rotatable bonds is 7. The van der Waals surface area contributed by atoms with Crippen LogP contribution in [-0.2, 0) is 9.53 Å². The molecule has 0 radical (unpaired) electrons. The maximum absolute atomic E-state index is 11.4. The number of ether oxygens (including phenoxy) is 2. The maximum atomic E-state index is 11.4. The number of carbonyl (C=O) groups excluding carboxylic acids is 1. The number of thioether (sulfide) groups is 1. The number of para-hydroxylation sites is 1. The fraction of sp³-hybridized carbons (Fsp3) is 0.235. The highest BCUT2D eigenvalue weighted by atomic mass is 32.2. The van der Waals surface area contributed by atoms with Crippen molar-refractivity contribution in [1.82, 2.24) is 24.7 Å². The van der Waals surface area contributed by atoms with Crippen LogP contribution in [0.5, 0.6) is 11.6 Å². The average molecular weight is 371 g/mol. The number of aromatic nitrogens is 5. The first-order chi connectivity index (χ1) is 12.6. The minimum absolute atomic E-state index is 0.148. The van der Waals surface area contributed by atoms with E-state index in [2.05, 4.69) is 20.1 Å². The molecular formula is C17H17N5O3S. The van der Waals surface area contributed by atoms with Crippen LogP contribution in [0.15, 0.2) is 47.9 Å². The van der Waals surface area contributed by atoms with Crippen molar-refractivity contribution in [2.24, 2.45) is 0 Å². The zero-order valence-corrected chi connectivity index (χ0v) is 15.1. The van der Waals surface area contributed by atoms with Crippen molar-refractivity contribution < 1.29 is 14.3 Å². The highest BCUT2D eigenvalue weighted by Crippen LogP contribution is 2.20. The van der Waals surface area contributed by atoms with E-state index in [0.717, 1.165) is 5.69 Å². The molecule has 3 aromatic rings. The molecule has 0 aliphatic heterocycles. The molecule has 0 fully saturated rings. The first kappa shape index (κ1) is 17.9. The van der Waals surface area contributed by atoms with Crippen molar-refractivity contribution in [3.05, 3.63) is 48.4 Å². The molecule has 134 valence electrons. The van der Waals surface area contributed by atoms with Gasteiger partial charge in [-0.05, 0) is 26.0 Å². The van der Waals surface area contributed by atoms with Gasteiger partial charge >= 0.3 is 5.97 Å². The van der Waals surface area contributed by atoms with Crippen LogP contribution in [0, 0.1) is 6.92 Å². The van der Waals surface area contributed by atoms with Gasteiger partial charge in [0.2, 0.25) is 11.0 Å². The molecule has 8 nitrogen and oxygen atoms in total. The fourth-order valence-electron chi connectivity index (χ4n) is 2.03. The minimum atomic E-state index is -0.306. The van der Waals surface area contributed by atoms with Crippen LogP contribution < -0.4 is 4.74 Å². The largest absolute Gasteiger partial charge is 0.465 e. The van der Waals surface area contributed by atoms with Gasteiger partial charge < -0.3 is 9.47 Å². The predicted molar refractivity (Wildman–Crippen MR) is 95.6 cm³/mol. The normalized spacial score (nSPS) is 10.5. The lowest BCUT2D eigenvalue weighted by Crippen LogP contribution is -2.07. The lowest BCUT2D eigenvalue weighted by atomic mass is 10.3. The van der Waals surface area contributed by atoms with Gasteiger partial charge in [0.15, 0.2) is 0 Å². The molecular weight excluding hydrogens is 354 g/mol. The molecule has 0 saturated heterocycles. The van der Waals surface area contributed by atoms with Crippen LogP contribution in [0.2, 0.25) is 0 Å². The van der Waals surface area contributed by atoms with Crippen molar-refractivity contribution in [1.29, 1.82) is 0 Å². The molecule has 0 spiro atoms. The van der Waals surface area contributed by atoms with Crippen LogP contribution in [0.1, 0.15) is 12.6 Å². The molecule has 26 heavy (non-hydrogen) atoms. The Morgan fingerprint density at radius 2 is 2.04 bits per heavy atom. The highest BCUT2D eigenvalue weighted by Gasteiger charge is 2.11. The smallest absolute Gasteiger partial charge is 0.316 e. The summed E-state index contributed by atoms with van der Waals surface area (Å²) in [5.41, 5.74) is 0.733. The summed E-state index contributed by atoms with van der Waals surface area (Å²) in [4.78, 5) is 24.3. The van der Waals surface area contributed by atoms with Gasteiger partial charge in [-0.1, -0.05) is 30.0 Å². The Morgan fingerprint density at radius 3 is 2.81 bits per heavy atom. The number of benzene rings is 1. The van der Waals surface area contributed by atoms with E-state index in [0.29, 0.717) is 29.3 Å². The Morgan fingerprint density at radius 1 is 1.23 bits per heavy atom. The molecule has 0 saturated carbocycles. The second-order valence-electron chi connectivity index (χ2n) is 5.13. The van der Waals surface area contributed by atoms with E-state index in [1.165, 1.54) is 22.8 Å². The Kier molecular flexibility index (Phi) is 5.80. The summed E-state index contributed by atoms with van der Waals surface area (Å²) < 4.78 is 12.1. The van der Waals surface area contributed by atoms with E-state index in [-0.39, 0.29) is 11.7 Å². The van der Waals surface area contributed by atoms with Crippen LogP contribution in [-0.4, -0.2) is 43.1 Å². The molecule has 0 bridgehead atoms. The van der Waals surface area contributed by atoms with Crippen LogP contribution >= 0.6 is 11.8 Å². The van der Waals surface area contributed by atoms with Crippen LogP contribution in [0.25, 0.3) is 5.95 Å². The molecule has 0 N–H and O–H groups in total. The second-order valence-corrected chi connectivity index (χ2v) is 6.07. The number of esters is 1. The summed E-state index contributed by atoms with van der Waals surface area (Å²) in [5, 5.41) is 4.72. The molecule has 0 aliphatic carbocycles. The molecule has 0 aliphatic rings. The fourth-order valence-corrected chi connectivity index (χ4v) is 2.62. The lowest BCUT2D eigenvalue weighted by Gasteiger charge is -2.07. The topological polar surface area (TPSA) is 92.0 Å². The van der Waals surface area contributed by atoms with E-state index in [4.69, 9.17) is 9.47 Å². The van der Waals surface area contributed by atoms with Crippen molar-refractivity contribution >= 4 is 17.7 Å². The van der Waals surface area contributed by atoms with Crippen LogP contribution in [0.3, 0.4) is 0 Å². The van der Waals surface area contributed by atoms with Gasteiger partial charge in [0.05, 0.1) is 12.4 Å². The summed E-state index contributed by atoms with van der Waals surface area (Å²) in [6.45, 7) is 3.96. The zero-order chi connectivity index (χ0) is 18.4. The number of aryl methyl sites for hydroxylation is 1. The summed E-state index contributed by atoms with van der Waals surface area (Å²) in [6, 6.07) is 11.1. The van der Waals surface area contributed by atoms with Crippen molar-refractivity contribution in [2.45, 2.75) is 19.0 Å². The van der Waals surface area contributed by atoms with E-state index < -0.39 is 0 Å². The van der Waals surface area contributed by atoms with Crippen molar-refractivity contribution in [2.75, 3.05) is 12.4 Å². The van der Waals surface area contributed by atoms with Gasteiger partial charge in [-0.3, -0.25) is 4.79 Å². The minimum Gasteiger partial charge on any atom is -0.465 e. The number of hydrogen-bond donors (Lipinski definition) is 0. The standard InChI is InChI=1S/C17H17N5O3S/c1-3-24-15(23)10-26-17-18-11-22(21-17)16-19-12(2)9-14(20-16)25-13-7-5-4-6-8-13/h4-9,11H,3,10H2,1-2H3. The molecule has 2 aromatic heterocycles. The Balaban J connectivity index is 1.74. The number of carbonyl (C=O) groups is 1. The molecule has 0 amide bonds. The van der Waals surface area contributed by atoms with Gasteiger partial charge in [0.1, 0.15) is 12.1 Å². The predicted octanol–water partition coefficient (Wildman–Crippen LogP) is 2.81. The van der Waals surface area contributed by atoms with Crippen molar-refractivity contribution in [3.8, 4) is 17.6 Å². The Bertz CT molecular complexity index is 885. The monoisotopic (exact) mass is 371 g/mol. The summed E-state index contributed by atoms with van der Waals surface area (Å²) in [6.07, 6.45) is 1.49. The zero-order valence-electron chi connectivity index (χ0n) is 14.3. The third-order valence-electron chi connectivity index (χ3n) is 3.08.